The van der Waals surface area contributed by atoms with Gasteiger partial charge in [-0.05, 0) is 49.2 Å². The van der Waals surface area contributed by atoms with Crippen LogP contribution >= 0.6 is 0 Å². The van der Waals surface area contributed by atoms with Gasteiger partial charge in [0, 0.05) is 25.8 Å². The second-order valence-corrected chi connectivity index (χ2v) is 7.70. The first-order chi connectivity index (χ1) is 16.0. The van der Waals surface area contributed by atoms with E-state index in [1.165, 1.54) is 4.90 Å². The number of hydrogen-bond donors (Lipinski definition) is 1. The monoisotopic (exact) mass is 453 g/mol. The minimum absolute atomic E-state index is 0.0401. The first kappa shape index (κ1) is 22.7. The minimum Gasteiger partial charge on any atom is -0.507 e. The van der Waals surface area contributed by atoms with Crippen LogP contribution in [0.3, 0.4) is 0 Å². The highest BCUT2D eigenvalue weighted by Gasteiger charge is 2.45. The number of aliphatic hydroxyl groups is 1. The maximum atomic E-state index is 13.1. The van der Waals surface area contributed by atoms with Crippen molar-refractivity contribution in [3.05, 3.63) is 59.2 Å². The van der Waals surface area contributed by atoms with Gasteiger partial charge in [-0.25, -0.2) is 0 Å². The smallest absolute Gasteiger partial charge is 0.295 e. The summed E-state index contributed by atoms with van der Waals surface area (Å²) in [5.41, 5.74) is 1.12. The van der Waals surface area contributed by atoms with E-state index in [4.69, 9.17) is 18.9 Å². The number of likely N-dealkylation sites (tertiary alicyclic amines) is 1. The number of amides is 1. The Bertz CT molecular complexity index is 1060. The number of carbonyl (C=O) groups excluding carboxylic acids is 2. The summed E-state index contributed by atoms with van der Waals surface area (Å²) in [6.07, 6.45) is 0.557. The molecule has 0 spiro atoms. The van der Waals surface area contributed by atoms with Crippen molar-refractivity contribution in [2.24, 2.45) is 0 Å². The number of methoxy groups -OCH3 is 1. The fourth-order valence-corrected chi connectivity index (χ4v) is 4.10. The molecule has 1 atom stereocenters. The molecule has 4 rings (SSSR count). The van der Waals surface area contributed by atoms with Gasteiger partial charge >= 0.3 is 0 Å². The molecular weight excluding hydrogens is 426 g/mol. The van der Waals surface area contributed by atoms with Gasteiger partial charge in [-0.3, -0.25) is 9.59 Å². The molecule has 2 aromatic rings. The standard InChI is InChI=1S/C25H27NO7/c1-3-31-18-8-5-16(6-9-18)22-21(24(28)25(29)26(22)11-4-12-30-2)23(27)17-7-10-19-20(15-17)33-14-13-32-19/h5-10,15,22,27H,3-4,11-14H2,1-2H3/b23-21-. The van der Waals surface area contributed by atoms with Gasteiger partial charge in [0.1, 0.15) is 24.7 Å². The molecule has 0 bridgehead atoms. The van der Waals surface area contributed by atoms with Gasteiger partial charge in [0.2, 0.25) is 0 Å². The first-order valence-electron chi connectivity index (χ1n) is 10.9. The van der Waals surface area contributed by atoms with Crippen molar-refractivity contribution in [3.63, 3.8) is 0 Å². The van der Waals surface area contributed by atoms with Crippen LogP contribution in [-0.2, 0) is 14.3 Å². The van der Waals surface area contributed by atoms with E-state index in [1.807, 2.05) is 19.1 Å². The normalized spacial score (nSPS) is 19.1. The van der Waals surface area contributed by atoms with E-state index in [9.17, 15) is 14.7 Å². The third-order valence-corrected chi connectivity index (χ3v) is 5.61. The molecule has 1 unspecified atom stereocenters. The molecule has 2 aliphatic heterocycles. The number of nitrogens with zero attached hydrogens (tertiary/aromatic N) is 1. The molecule has 1 fully saturated rings. The predicted molar refractivity (Wildman–Crippen MR) is 121 cm³/mol. The fourth-order valence-electron chi connectivity index (χ4n) is 4.10. The third-order valence-electron chi connectivity index (χ3n) is 5.61. The second kappa shape index (κ2) is 9.95. The lowest BCUT2D eigenvalue weighted by molar-refractivity contribution is -0.140. The average Bonchev–Trinajstić information content (AvgIpc) is 3.09. The van der Waals surface area contributed by atoms with E-state index in [0.29, 0.717) is 67.8 Å². The van der Waals surface area contributed by atoms with Crippen LogP contribution in [0.4, 0.5) is 0 Å². The van der Waals surface area contributed by atoms with E-state index in [-0.39, 0.29) is 11.3 Å². The van der Waals surface area contributed by atoms with Crippen molar-refractivity contribution >= 4 is 17.4 Å². The van der Waals surface area contributed by atoms with Crippen LogP contribution in [0.5, 0.6) is 17.2 Å². The molecule has 0 radical (unpaired) electrons. The van der Waals surface area contributed by atoms with Gasteiger partial charge in [0.05, 0.1) is 18.2 Å². The summed E-state index contributed by atoms with van der Waals surface area (Å²) in [4.78, 5) is 27.5. The van der Waals surface area contributed by atoms with Crippen LogP contribution in [0.15, 0.2) is 48.0 Å². The van der Waals surface area contributed by atoms with Crippen molar-refractivity contribution in [1.82, 2.24) is 4.90 Å². The van der Waals surface area contributed by atoms with Crippen LogP contribution in [0, 0.1) is 0 Å². The predicted octanol–water partition coefficient (Wildman–Crippen LogP) is 3.31. The van der Waals surface area contributed by atoms with Gasteiger partial charge in [-0.2, -0.15) is 0 Å². The number of hydrogen-bond acceptors (Lipinski definition) is 7. The summed E-state index contributed by atoms with van der Waals surface area (Å²) < 4.78 is 21.8. The number of ketones is 1. The lowest BCUT2D eigenvalue weighted by Crippen LogP contribution is -2.31. The second-order valence-electron chi connectivity index (χ2n) is 7.70. The Labute approximate surface area is 192 Å². The highest BCUT2D eigenvalue weighted by Crippen LogP contribution is 2.41. The Morgan fingerprint density at radius 3 is 2.52 bits per heavy atom. The molecule has 2 aliphatic rings. The van der Waals surface area contributed by atoms with Gasteiger partial charge in [-0.1, -0.05) is 12.1 Å². The fraction of sp³-hybridized carbons (Fsp3) is 0.360. The van der Waals surface area contributed by atoms with E-state index in [0.717, 1.165) is 0 Å². The van der Waals surface area contributed by atoms with Crippen molar-refractivity contribution in [2.45, 2.75) is 19.4 Å². The number of fused-ring (bicyclic) bond motifs is 1. The molecule has 0 saturated carbocycles. The van der Waals surface area contributed by atoms with E-state index in [2.05, 4.69) is 0 Å². The number of Topliss-reactive ketones (excluding diaryl/α,β-unsaturated/α-hetero) is 1. The van der Waals surface area contributed by atoms with Gasteiger partial charge in [0.25, 0.3) is 11.7 Å². The molecule has 8 nitrogen and oxygen atoms in total. The first-order valence-corrected chi connectivity index (χ1v) is 10.9. The summed E-state index contributed by atoms with van der Waals surface area (Å²) in [5.74, 6) is 0.115. The Morgan fingerprint density at radius 2 is 1.82 bits per heavy atom. The Balaban J connectivity index is 1.77. The third kappa shape index (κ3) is 4.52. The SMILES string of the molecule is CCOc1ccc(C2/C(=C(/O)c3ccc4c(c3)OCCO4)C(=O)C(=O)N2CCCOC)cc1. The van der Waals surface area contributed by atoms with E-state index in [1.54, 1.807) is 37.4 Å². The summed E-state index contributed by atoms with van der Waals surface area (Å²) in [5, 5.41) is 11.2. The molecule has 1 saturated heterocycles. The Kier molecular flexibility index (Phi) is 6.84. The molecular formula is C25H27NO7. The lowest BCUT2D eigenvalue weighted by atomic mass is 9.95. The molecule has 174 valence electrons. The Morgan fingerprint density at radius 1 is 1.09 bits per heavy atom. The van der Waals surface area contributed by atoms with Crippen molar-refractivity contribution in [1.29, 1.82) is 0 Å². The number of aliphatic hydroxyl groups excluding tert-OH is 1. The summed E-state index contributed by atoms with van der Waals surface area (Å²) in [6, 6.07) is 11.4. The molecule has 8 heteroatoms. The molecule has 33 heavy (non-hydrogen) atoms. The van der Waals surface area contributed by atoms with Gasteiger partial charge < -0.3 is 29.0 Å². The van der Waals surface area contributed by atoms with Crippen molar-refractivity contribution in [2.75, 3.05) is 40.1 Å². The summed E-state index contributed by atoms with van der Waals surface area (Å²) in [6.45, 7) is 4.02. The molecule has 2 aromatic carbocycles. The molecule has 2 heterocycles. The minimum atomic E-state index is -0.731. The van der Waals surface area contributed by atoms with Crippen LogP contribution in [-0.4, -0.2) is 61.8 Å². The highest BCUT2D eigenvalue weighted by atomic mass is 16.6. The van der Waals surface area contributed by atoms with Crippen molar-refractivity contribution < 1.29 is 33.6 Å². The van der Waals surface area contributed by atoms with Gasteiger partial charge in [-0.15, -0.1) is 0 Å². The van der Waals surface area contributed by atoms with Crippen LogP contribution in [0.1, 0.15) is 30.5 Å². The molecule has 0 aliphatic carbocycles. The zero-order valence-electron chi connectivity index (χ0n) is 18.7. The Hall–Kier alpha value is -3.52. The summed E-state index contributed by atoms with van der Waals surface area (Å²) in [7, 11) is 1.58. The molecule has 1 amide bonds. The van der Waals surface area contributed by atoms with E-state index >= 15 is 0 Å². The van der Waals surface area contributed by atoms with E-state index < -0.39 is 17.7 Å². The number of ether oxygens (including phenoxy) is 4. The highest BCUT2D eigenvalue weighted by molar-refractivity contribution is 6.46. The maximum Gasteiger partial charge on any atom is 0.295 e. The topological polar surface area (TPSA) is 94.5 Å². The van der Waals surface area contributed by atoms with Crippen LogP contribution in [0.25, 0.3) is 5.76 Å². The van der Waals surface area contributed by atoms with Crippen LogP contribution in [0.2, 0.25) is 0 Å². The molecule has 0 aromatic heterocycles. The number of carbonyl (C=O) groups is 2. The average molecular weight is 453 g/mol. The maximum absolute atomic E-state index is 13.1. The van der Waals surface area contributed by atoms with Crippen LogP contribution < -0.4 is 14.2 Å². The number of rotatable bonds is 8. The summed E-state index contributed by atoms with van der Waals surface area (Å²) >= 11 is 0. The largest absolute Gasteiger partial charge is 0.507 e. The lowest BCUT2D eigenvalue weighted by Gasteiger charge is -2.25. The zero-order chi connectivity index (χ0) is 23.4. The zero-order valence-corrected chi connectivity index (χ0v) is 18.7. The quantitative estimate of drug-likeness (QED) is 0.284. The van der Waals surface area contributed by atoms with Crippen molar-refractivity contribution in [3.8, 4) is 17.2 Å². The molecule has 1 N–H and O–H groups in total. The number of benzene rings is 2. The van der Waals surface area contributed by atoms with Gasteiger partial charge in [0.15, 0.2) is 11.5 Å².